The van der Waals surface area contributed by atoms with Gasteiger partial charge in [-0.2, -0.15) is 0 Å². The van der Waals surface area contributed by atoms with Crippen LogP contribution >= 0.6 is 0 Å². The third-order valence-corrected chi connectivity index (χ3v) is 3.06. The molecule has 0 amide bonds. The second-order valence-electron chi connectivity index (χ2n) is 4.61. The first-order valence-corrected chi connectivity index (χ1v) is 5.42. The zero-order valence-electron chi connectivity index (χ0n) is 8.98. The van der Waals surface area contributed by atoms with Crippen LogP contribution in [0, 0.1) is 17.8 Å². The van der Waals surface area contributed by atoms with Gasteiger partial charge in [-0.05, 0) is 37.0 Å². The maximum absolute atomic E-state index is 10.6. The molecule has 1 aliphatic rings. The van der Waals surface area contributed by atoms with Crippen LogP contribution in [0.4, 0.5) is 0 Å². The summed E-state index contributed by atoms with van der Waals surface area (Å²) >= 11 is 0. The Bertz CT molecular complexity index is 229. The lowest BCUT2D eigenvalue weighted by molar-refractivity contribution is -0.140. The fourth-order valence-corrected chi connectivity index (χ4v) is 2.12. The SMILES string of the molecule is CC(CC(CC(=O)O)CC(=O)O)C1CC1. The normalized spacial score (nSPS) is 17.7. The van der Waals surface area contributed by atoms with Crippen molar-refractivity contribution in [3.8, 4) is 0 Å². The van der Waals surface area contributed by atoms with E-state index < -0.39 is 11.9 Å². The molecule has 86 valence electrons. The Morgan fingerprint density at radius 2 is 1.67 bits per heavy atom. The van der Waals surface area contributed by atoms with Gasteiger partial charge in [-0.3, -0.25) is 9.59 Å². The molecule has 0 spiro atoms. The molecule has 15 heavy (non-hydrogen) atoms. The summed E-state index contributed by atoms with van der Waals surface area (Å²) in [5.41, 5.74) is 0. The molecule has 0 aliphatic heterocycles. The molecule has 1 atom stereocenters. The fraction of sp³-hybridized carbons (Fsp3) is 0.818. The van der Waals surface area contributed by atoms with Crippen LogP contribution in [0.2, 0.25) is 0 Å². The summed E-state index contributed by atoms with van der Waals surface area (Å²) in [6, 6.07) is 0. The topological polar surface area (TPSA) is 74.6 Å². The van der Waals surface area contributed by atoms with Crippen molar-refractivity contribution < 1.29 is 19.8 Å². The van der Waals surface area contributed by atoms with E-state index in [0.717, 1.165) is 6.42 Å². The van der Waals surface area contributed by atoms with Gasteiger partial charge in [0.1, 0.15) is 0 Å². The van der Waals surface area contributed by atoms with Crippen molar-refractivity contribution in [2.45, 2.75) is 39.0 Å². The van der Waals surface area contributed by atoms with Gasteiger partial charge in [-0.15, -0.1) is 0 Å². The van der Waals surface area contributed by atoms with Crippen LogP contribution in [-0.2, 0) is 9.59 Å². The highest BCUT2D eigenvalue weighted by Gasteiger charge is 2.30. The van der Waals surface area contributed by atoms with Crippen LogP contribution < -0.4 is 0 Å². The van der Waals surface area contributed by atoms with Gasteiger partial charge in [0.25, 0.3) is 0 Å². The largest absolute Gasteiger partial charge is 0.481 e. The van der Waals surface area contributed by atoms with Gasteiger partial charge >= 0.3 is 11.9 Å². The molecule has 1 rings (SSSR count). The van der Waals surface area contributed by atoms with Crippen molar-refractivity contribution >= 4 is 11.9 Å². The zero-order chi connectivity index (χ0) is 11.4. The average molecular weight is 214 g/mol. The molecule has 0 aromatic rings. The van der Waals surface area contributed by atoms with E-state index in [4.69, 9.17) is 10.2 Å². The summed E-state index contributed by atoms with van der Waals surface area (Å²) in [4.78, 5) is 21.1. The Morgan fingerprint density at radius 1 is 1.20 bits per heavy atom. The number of hydrogen-bond acceptors (Lipinski definition) is 2. The second kappa shape index (κ2) is 5.14. The number of carbonyl (C=O) groups is 2. The molecule has 0 aromatic heterocycles. The lowest BCUT2D eigenvalue weighted by Gasteiger charge is -2.17. The number of hydrogen-bond donors (Lipinski definition) is 2. The molecule has 0 bridgehead atoms. The average Bonchev–Trinajstić information content (AvgIpc) is 2.81. The molecule has 4 nitrogen and oxygen atoms in total. The Kier molecular flexibility index (Phi) is 4.12. The number of aliphatic carboxylic acids is 2. The standard InChI is InChI=1S/C11H18O4/c1-7(9-2-3-9)4-8(5-10(12)13)6-11(14)15/h7-9H,2-6H2,1H3,(H,12,13)(H,14,15). The third kappa shape index (κ3) is 4.81. The second-order valence-corrected chi connectivity index (χ2v) is 4.61. The minimum Gasteiger partial charge on any atom is -0.481 e. The molecular weight excluding hydrogens is 196 g/mol. The molecule has 1 aliphatic carbocycles. The monoisotopic (exact) mass is 214 g/mol. The van der Waals surface area contributed by atoms with Crippen molar-refractivity contribution in [1.82, 2.24) is 0 Å². The molecular formula is C11H18O4. The first kappa shape index (κ1) is 12.0. The van der Waals surface area contributed by atoms with E-state index in [1.165, 1.54) is 12.8 Å². The van der Waals surface area contributed by atoms with E-state index in [2.05, 4.69) is 6.92 Å². The smallest absolute Gasteiger partial charge is 0.303 e. The van der Waals surface area contributed by atoms with Gasteiger partial charge < -0.3 is 10.2 Å². The highest BCUT2D eigenvalue weighted by atomic mass is 16.4. The minimum atomic E-state index is -0.899. The van der Waals surface area contributed by atoms with Gasteiger partial charge in [0.2, 0.25) is 0 Å². The number of carboxylic acids is 2. The van der Waals surface area contributed by atoms with E-state index in [-0.39, 0.29) is 18.8 Å². The van der Waals surface area contributed by atoms with Crippen LogP contribution in [0.25, 0.3) is 0 Å². The predicted octanol–water partition coefficient (Wildman–Crippen LogP) is 1.99. The quantitative estimate of drug-likeness (QED) is 0.679. The third-order valence-electron chi connectivity index (χ3n) is 3.06. The Labute approximate surface area is 89.3 Å². The van der Waals surface area contributed by atoms with Crippen LogP contribution in [0.3, 0.4) is 0 Å². The Hall–Kier alpha value is -1.06. The Morgan fingerprint density at radius 3 is 2.00 bits per heavy atom. The summed E-state index contributed by atoms with van der Waals surface area (Å²) in [7, 11) is 0. The van der Waals surface area contributed by atoms with Crippen molar-refractivity contribution in [2.75, 3.05) is 0 Å². The van der Waals surface area contributed by atoms with Crippen LogP contribution in [-0.4, -0.2) is 22.2 Å². The summed E-state index contributed by atoms with van der Waals surface area (Å²) < 4.78 is 0. The lowest BCUT2D eigenvalue weighted by atomic mass is 9.88. The summed E-state index contributed by atoms with van der Waals surface area (Å²) in [5.74, 6) is -0.840. The van der Waals surface area contributed by atoms with Crippen LogP contribution in [0.5, 0.6) is 0 Å². The number of carboxylic acid groups (broad SMARTS) is 2. The van der Waals surface area contributed by atoms with Crippen molar-refractivity contribution in [3.63, 3.8) is 0 Å². The van der Waals surface area contributed by atoms with Crippen molar-refractivity contribution in [1.29, 1.82) is 0 Å². The Balaban J connectivity index is 2.39. The minimum absolute atomic E-state index is 0.0244. The summed E-state index contributed by atoms with van der Waals surface area (Å²) in [6.07, 6.45) is 3.11. The zero-order valence-corrected chi connectivity index (χ0v) is 8.98. The maximum Gasteiger partial charge on any atom is 0.303 e. The molecule has 0 saturated heterocycles. The van der Waals surface area contributed by atoms with E-state index in [0.29, 0.717) is 11.8 Å². The van der Waals surface area contributed by atoms with Gasteiger partial charge in [0.05, 0.1) is 0 Å². The lowest BCUT2D eigenvalue weighted by Crippen LogP contribution is -2.16. The molecule has 0 heterocycles. The van der Waals surface area contributed by atoms with Crippen molar-refractivity contribution in [2.24, 2.45) is 17.8 Å². The first-order chi connectivity index (χ1) is 6.99. The highest BCUT2D eigenvalue weighted by Crippen LogP contribution is 2.40. The van der Waals surface area contributed by atoms with E-state index in [1.54, 1.807) is 0 Å². The van der Waals surface area contributed by atoms with Gasteiger partial charge in [0, 0.05) is 12.8 Å². The summed E-state index contributed by atoms with van der Waals surface area (Å²) in [5, 5.41) is 17.3. The highest BCUT2D eigenvalue weighted by molar-refractivity contribution is 5.70. The molecule has 0 aromatic carbocycles. The predicted molar refractivity (Wildman–Crippen MR) is 54.5 cm³/mol. The molecule has 0 radical (unpaired) electrons. The molecule has 1 unspecified atom stereocenters. The number of rotatable bonds is 7. The molecule has 4 heteroatoms. The van der Waals surface area contributed by atoms with E-state index >= 15 is 0 Å². The fourth-order valence-electron chi connectivity index (χ4n) is 2.12. The van der Waals surface area contributed by atoms with Gasteiger partial charge in [-0.1, -0.05) is 6.92 Å². The van der Waals surface area contributed by atoms with E-state index in [9.17, 15) is 9.59 Å². The van der Waals surface area contributed by atoms with Gasteiger partial charge in [-0.25, -0.2) is 0 Å². The summed E-state index contributed by atoms with van der Waals surface area (Å²) in [6.45, 7) is 2.09. The molecule has 1 fully saturated rings. The van der Waals surface area contributed by atoms with Crippen LogP contribution in [0.1, 0.15) is 39.0 Å². The van der Waals surface area contributed by atoms with Crippen molar-refractivity contribution in [3.05, 3.63) is 0 Å². The maximum atomic E-state index is 10.6. The van der Waals surface area contributed by atoms with Crippen LogP contribution in [0.15, 0.2) is 0 Å². The molecule has 1 saturated carbocycles. The van der Waals surface area contributed by atoms with E-state index in [1.807, 2.05) is 0 Å². The molecule has 2 N–H and O–H groups in total. The van der Waals surface area contributed by atoms with Gasteiger partial charge in [0.15, 0.2) is 0 Å². The first-order valence-electron chi connectivity index (χ1n) is 5.42.